The molecule has 10 aromatic carbocycles. The van der Waals surface area contributed by atoms with Gasteiger partial charge in [0, 0.05) is 27.5 Å². The highest BCUT2D eigenvalue weighted by Crippen LogP contribution is 2.40. The Morgan fingerprint density at radius 3 is 1.49 bits per heavy atom. The van der Waals surface area contributed by atoms with E-state index >= 15 is 0 Å². The second-order valence-corrected chi connectivity index (χ2v) is 15.6. The number of para-hydroxylation sites is 2. The number of aromatic nitrogens is 4. The number of hydrogen-bond donors (Lipinski definition) is 0. The molecule has 2 aromatic heterocycles. The molecule has 0 saturated heterocycles. The van der Waals surface area contributed by atoms with E-state index in [2.05, 4.69) is 205 Å². The van der Waals surface area contributed by atoms with Crippen LogP contribution in [0.5, 0.6) is 0 Å². The van der Waals surface area contributed by atoms with Gasteiger partial charge in [0.2, 0.25) is 0 Å². The molecule has 61 heavy (non-hydrogen) atoms. The summed E-state index contributed by atoms with van der Waals surface area (Å²) in [4.78, 5) is 15.8. The monoisotopic (exact) mass is 776 g/mol. The van der Waals surface area contributed by atoms with Crippen molar-refractivity contribution in [3.05, 3.63) is 218 Å². The van der Waals surface area contributed by atoms with Gasteiger partial charge in [-0.2, -0.15) is 0 Å². The lowest BCUT2D eigenvalue weighted by Crippen LogP contribution is -2.04. The molecule has 0 radical (unpaired) electrons. The standard InChI is InChI=1S/C57H36N4/c1-3-14-37(15-4-1)40-26-27-43-35-51(54(36-46(43)34-40)61-52-24-11-9-21-49(52)50-22-10-12-25-53(50)61)57-59-55(39-17-5-2-6-18-39)58-56(60-57)45-31-29-41-32-44(30-28-42(41)33-45)48-23-13-19-38-16-7-8-20-47(38)48/h1-36H. The average molecular weight is 777 g/mol. The van der Waals surface area contributed by atoms with E-state index in [0.717, 1.165) is 55.0 Å². The molecule has 4 nitrogen and oxygen atoms in total. The minimum Gasteiger partial charge on any atom is -0.308 e. The normalized spacial score (nSPS) is 11.6. The van der Waals surface area contributed by atoms with Crippen LogP contribution in [0.3, 0.4) is 0 Å². The van der Waals surface area contributed by atoms with E-state index in [1.807, 2.05) is 18.2 Å². The molecule has 0 unspecified atom stereocenters. The van der Waals surface area contributed by atoms with E-state index in [4.69, 9.17) is 15.0 Å². The maximum atomic E-state index is 5.37. The van der Waals surface area contributed by atoms with E-state index in [1.54, 1.807) is 0 Å². The van der Waals surface area contributed by atoms with E-state index in [1.165, 1.54) is 43.8 Å². The zero-order valence-electron chi connectivity index (χ0n) is 33.1. The molecular weight excluding hydrogens is 741 g/mol. The zero-order chi connectivity index (χ0) is 40.3. The molecule has 12 aromatic rings. The Labute approximate surface area is 352 Å². The van der Waals surface area contributed by atoms with Crippen LogP contribution in [0, 0.1) is 0 Å². The lowest BCUT2D eigenvalue weighted by molar-refractivity contribution is 1.07. The molecule has 0 aliphatic carbocycles. The van der Waals surface area contributed by atoms with Gasteiger partial charge in [-0.05, 0) is 97.0 Å². The summed E-state index contributed by atoms with van der Waals surface area (Å²) in [5, 5.41) is 9.40. The summed E-state index contributed by atoms with van der Waals surface area (Å²) in [5.41, 5.74) is 10.8. The van der Waals surface area contributed by atoms with Crippen molar-refractivity contribution in [3.63, 3.8) is 0 Å². The molecule has 0 atom stereocenters. The second kappa shape index (κ2) is 14.3. The highest BCUT2D eigenvalue weighted by atomic mass is 15.1. The predicted molar refractivity (Wildman–Crippen MR) is 254 cm³/mol. The van der Waals surface area contributed by atoms with Gasteiger partial charge in [0.25, 0.3) is 0 Å². The number of nitrogens with zero attached hydrogens (tertiary/aromatic N) is 4. The van der Waals surface area contributed by atoms with Crippen LogP contribution in [0.4, 0.5) is 0 Å². The number of benzene rings is 10. The molecule has 0 aliphatic rings. The van der Waals surface area contributed by atoms with Gasteiger partial charge in [0.15, 0.2) is 17.5 Å². The first-order valence-corrected chi connectivity index (χ1v) is 20.7. The van der Waals surface area contributed by atoms with Crippen LogP contribution < -0.4 is 0 Å². The molecule has 4 heteroatoms. The largest absolute Gasteiger partial charge is 0.308 e. The van der Waals surface area contributed by atoms with Crippen LogP contribution >= 0.6 is 0 Å². The van der Waals surface area contributed by atoms with Crippen molar-refractivity contribution in [2.45, 2.75) is 0 Å². The van der Waals surface area contributed by atoms with Crippen molar-refractivity contribution >= 4 is 54.1 Å². The smallest absolute Gasteiger partial charge is 0.166 e. The van der Waals surface area contributed by atoms with Crippen LogP contribution in [0.25, 0.3) is 116 Å². The zero-order valence-corrected chi connectivity index (χ0v) is 33.1. The fraction of sp³-hybridized carbons (Fsp3) is 0. The first kappa shape index (κ1) is 34.8. The van der Waals surface area contributed by atoms with E-state index in [0.29, 0.717) is 17.5 Å². The van der Waals surface area contributed by atoms with Crippen LogP contribution in [0.2, 0.25) is 0 Å². The SMILES string of the molecule is c1ccc(-c2ccc3cc(-c4nc(-c5ccccc5)nc(-c5ccc6cc(-c7cccc8ccccc78)ccc6c5)n4)c(-n4c5ccccc5c5ccccc54)cc3c2)cc1. The molecule has 0 fully saturated rings. The summed E-state index contributed by atoms with van der Waals surface area (Å²) in [6.07, 6.45) is 0. The first-order chi connectivity index (χ1) is 30.2. The first-order valence-electron chi connectivity index (χ1n) is 20.7. The summed E-state index contributed by atoms with van der Waals surface area (Å²) in [7, 11) is 0. The predicted octanol–water partition coefficient (Wildman–Crippen LogP) is 14.8. The molecule has 0 aliphatic heterocycles. The van der Waals surface area contributed by atoms with Gasteiger partial charge < -0.3 is 4.57 Å². The third-order valence-electron chi connectivity index (χ3n) is 12.0. The van der Waals surface area contributed by atoms with Crippen LogP contribution in [-0.4, -0.2) is 19.5 Å². The molecule has 12 rings (SSSR count). The van der Waals surface area contributed by atoms with Gasteiger partial charge in [0.1, 0.15) is 0 Å². The highest BCUT2D eigenvalue weighted by Gasteiger charge is 2.21. The van der Waals surface area contributed by atoms with E-state index in [-0.39, 0.29) is 0 Å². The van der Waals surface area contributed by atoms with Gasteiger partial charge >= 0.3 is 0 Å². The maximum Gasteiger partial charge on any atom is 0.166 e. The molecule has 0 amide bonds. The third-order valence-corrected chi connectivity index (χ3v) is 12.0. The van der Waals surface area contributed by atoms with Gasteiger partial charge in [-0.1, -0.05) is 176 Å². The van der Waals surface area contributed by atoms with Crippen molar-refractivity contribution in [1.82, 2.24) is 19.5 Å². The van der Waals surface area contributed by atoms with Gasteiger partial charge in [-0.25, -0.2) is 15.0 Å². The molecule has 284 valence electrons. The van der Waals surface area contributed by atoms with E-state index in [9.17, 15) is 0 Å². The van der Waals surface area contributed by atoms with Crippen LogP contribution in [-0.2, 0) is 0 Å². The summed E-state index contributed by atoms with van der Waals surface area (Å²) in [5.74, 6) is 1.86. The fourth-order valence-electron chi connectivity index (χ4n) is 9.01. The maximum absolute atomic E-state index is 5.37. The number of fused-ring (bicyclic) bond motifs is 6. The highest BCUT2D eigenvalue weighted by molar-refractivity contribution is 6.10. The Morgan fingerprint density at radius 1 is 0.262 bits per heavy atom. The van der Waals surface area contributed by atoms with Crippen molar-refractivity contribution in [3.8, 4) is 62.1 Å². The Kier molecular flexibility index (Phi) is 8.13. The summed E-state index contributed by atoms with van der Waals surface area (Å²) in [6, 6.07) is 77.7. The van der Waals surface area contributed by atoms with Gasteiger partial charge in [-0.15, -0.1) is 0 Å². The average Bonchev–Trinajstić information content (AvgIpc) is 3.67. The molecule has 0 bridgehead atoms. The van der Waals surface area contributed by atoms with Crippen molar-refractivity contribution in [1.29, 1.82) is 0 Å². The molecule has 0 spiro atoms. The molecule has 0 N–H and O–H groups in total. The topological polar surface area (TPSA) is 43.6 Å². The second-order valence-electron chi connectivity index (χ2n) is 15.6. The quantitative estimate of drug-likeness (QED) is 0.169. The van der Waals surface area contributed by atoms with Gasteiger partial charge in [-0.3, -0.25) is 0 Å². The summed E-state index contributed by atoms with van der Waals surface area (Å²) >= 11 is 0. The Bertz CT molecular complexity index is 3590. The minimum absolute atomic E-state index is 0.612. The lowest BCUT2D eigenvalue weighted by Gasteiger charge is -2.17. The van der Waals surface area contributed by atoms with E-state index < -0.39 is 0 Å². The summed E-state index contributed by atoms with van der Waals surface area (Å²) in [6.45, 7) is 0. The summed E-state index contributed by atoms with van der Waals surface area (Å²) < 4.78 is 2.38. The van der Waals surface area contributed by atoms with Crippen molar-refractivity contribution in [2.75, 3.05) is 0 Å². The molecular formula is C57H36N4. The van der Waals surface area contributed by atoms with Crippen molar-refractivity contribution in [2.24, 2.45) is 0 Å². The van der Waals surface area contributed by atoms with Gasteiger partial charge in [0.05, 0.1) is 16.7 Å². The number of hydrogen-bond acceptors (Lipinski definition) is 3. The Balaban J connectivity index is 1.08. The van der Waals surface area contributed by atoms with Crippen LogP contribution in [0.15, 0.2) is 218 Å². The third kappa shape index (κ3) is 6.04. The van der Waals surface area contributed by atoms with Crippen LogP contribution in [0.1, 0.15) is 0 Å². The lowest BCUT2D eigenvalue weighted by atomic mass is 9.95. The fourth-order valence-corrected chi connectivity index (χ4v) is 9.01. The Hall–Kier alpha value is -8.21. The minimum atomic E-state index is 0.612. The van der Waals surface area contributed by atoms with Crippen molar-refractivity contribution < 1.29 is 0 Å². The molecule has 0 saturated carbocycles. The number of rotatable bonds is 6. The Morgan fingerprint density at radius 2 is 0.770 bits per heavy atom. The molecule has 2 heterocycles.